The predicted octanol–water partition coefficient (Wildman–Crippen LogP) is 5.96. The van der Waals surface area contributed by atoms with Crippen LogP contribution in [0.4, 0.5) is 27.6 Å². The number of alkyl halides is 4. The summed E-state index contributed by atoms with van der Waals surface area (Å²) in [7, 11) is 0. The number of aromatic amines is 1. The smallest absolute Gasteiger partial charge is 0.381 e. The lowest BCUT2D eigenvalue weighted by Gasteiger charge is -2.42. The Morgan fingerprint density at radius 2 is 1.92 bits per heavy atom. The maximum Gasteiger partial charge on any atom is 0.401 e. The van der Waals surface area contributed by atoms with Crippen LogP contribution in [0.25, 0.3) is 11.1 Å². The van der Waals surface area contributed by atoms with Crippen molar-refractivity contribution >= 4 is 5.69 Å². The number of halogens is 5. The van der Waals surface area contributed by atoms with Gasteiger partial charge in [-0.2, -0.15) is 18.3 Å². The first-order chi connectivity index (χ1) is 18.2. The van der Waals surface area contributed by atoms with Gasteiger partial charge in [0.05, 0.1) is 25.5 Å². The Morgan fingerprint density at radius 3 is 2.63 bits per heavy atom. The quantitative estimate of drug-likeness (QED) is 0.351. The lowest BCUT2D eigenvalue weighted by molar-refractivity contribution is -0.155. The number of rotatable bonds is 8. The summed E-state index contributed by atoms with van der Waals surface area (Å²) < 4.78 is 69.1. The van der Waals surface area contributed by atoms with Gasteiger partial charge in [-0.15, -0.1) is 0 Å². The summed E-state index contributed by atoms with van der Waals surface area (Å²) in [5.41, 5.74) is 4.18. The minimum absolute atomic E-state index is 0.110. The van der Waals surface area contributed by atoms with E-state index in [9.17, 15) is 17.6 Å². The Labute approximate surface area is 219 Å². The maximum absolute atomic E-state index is 15.7. The minimum Gasteiger partial charge on any atom is -0.381 e. The van der Waals surface area contributed by atoms with E-state index in [0.717, 1.165) is 36.2 Å². The average molecular weight is 534 g/mol. The number of nitrogens with zero attached hydrogens (tertiary/aromatic N) is 3. The van der Waals surface area contributed by atoms with Crippen molar-refractivity contribution < 1.29 is 22.0 Å². The molecule has 0 radical (unpaired) electrons. The van der Waals surface area contributed by atoms with Gasteiger partial charge in [0.2, 0.25) is 0 Å². The fraction of sp³-hybridized carbons (Fsp3) is 0.464. The van der Waals surface area contributed by atoms with E-state index >= 15 is 4.39 Å². The number of benzene rings is 2. The normalized spacial score (nSPS) is 22.5. The van der Waals surface area contributed by atoms with Crippen molar-refractivity contribution in [3.05, 3.63) is 71.3 Å². The van der Waals surface area contributed by atoms with Gasteiger partial charge in [-0.3, -0.25) is 14.4 Å². The highest BCUT2D eigenvalue weighted by atomic mass is 19.4. The van der Waals surface area contributed by atoms with Crippen LogP contribution in [0.3, 0.4) is 0 Å². The number of anilines is 1. The van der Waals surface area contributed by atoms with Crippen LogP contribution in [0.5, 0.6) is 0 Å². The summed E-state index contributed by atoms with van der Waals surface area (Å²) in [6.07, 6.45) is 0.816. The molecule has 0 aliphatic carbocycles. The van der Waals surface area contributed by atoms with Gasteiger partial charge in [0.15, 0.2) is 0 Å². The second kappa shape index (κ2) is 11.0. The van der Waals surface area contributed by atoms with Crippen molar-refractivity contribution in [1.29, 1.82) is 0 Å². The standard InChI is InChI=1S/C28H32F5N5/c1-18-11-20-12-19(21-14-34-35-15-21)3-5-24(20)27(38(18)17-28(31,32)33)25-6-4-22(13-26(25)30)36-23-7-10-37(16-23)9-2-8-29/h3-6,12-15,18,23,27,36H,2,7-11,16-17H2,1H3,(H,34,35)/t18-,23?,27+/m1/s1. The van der Waals surface area contributed by atoms with Crippen molar-refractivity contribution in [3.63, 3.8) is 0 Å². The van der Waals surface area contributed by atoms with Gasteiger partial charge in [0.1, 0.15) is 5.82 Å². The molecular weight excluding hydrogens is 501 g/mol. The highest BCUT2D eigenvalue weighted by Gasteiger charge is 2.41. The number of hydrogen-bond acceptors (Lipinski definition) is 4. The Bertz CT molecular complexity index is 1230. The molecule has 1 saturated heterocycles. The van der Waals surface area contributed by atoms with E-state index in [-0.39, 0.29) is 18.3 Å². The molecule has 3 heterocycles. The molecule has 0 spiro atoms. The zero-order valence-corrected chi connectivity index (χ0v) is 21.2. The van der Waals surface area contributed by atoms with Gasteiger partial charge in [0, 0.05) is 54.7 Å². The van der Waals surface area contributed by atoms with Crippen LogP contribution in [0.15, 0.2) is 48.8 Å². The fourth-order valence-electron chi connectivity index (χ4n) is 5.82. The van der Waals surface area contributed by atoms with Crippen LogP contribution >= 0.6 is 0 Å². The SMILES string of the molecule is C[C@@H]1Cc2cc(-c3cn[nH]c3)ccc2[C@@H](c2ccc(NC3CCN(CCCF)C3)cc2F)N1CC(F)(F)F. The third-order valence-corrected chi connectivity index (χ3v) is 7.59. The molecule has 2 aliphatic heterocycles. The van der Waals surface area contributed by atoms with Crippen LogP contribution in [-0.4, -0.2) is 71.1 Å². The molecule has 204 valence electrons. The zero-order valence-electron chi connectivity index (χ0n) is 21.2. The largest absolute Gasteiger partial charge is 0.401 e. The molecule has 2 aliphatic rings. The molecule has 5 nitrogen and oxygen atoms in total. The molecular formula is C28H32F5N5. The Kier molecular flexibility index (Phi) is 7.72. The Hall–Kier alpha value is -2.98. The van der Waals surface area contributed by atoms with Crippen molar-refractivity contribution in [1.82, 2.24) is 20.0 Å². The molecule has 3 aromatic rings. The van der Waals surface area contributed by atoms with E-state index < -0.39 is 30.6 Å². The van der Waals surface area contributed by atoms with Crippen molar-refractivity contribution in [3.8, 4) is 11.1 Å². The summed E-state index contributed by atoms with van der Waals surface area (Å²) in [5, 5.41) is 10.1. The average Bonchev–Trinajstić information content (AvgIpc) is 3.55. The number of likely N-dealkylation sites (tertiary alicyclic amines) is 1. The molecule has 1 unspecified atom stereocenters. The van der Waals surface area contributed by atoms with Gasteiger partial charge in [-0.25, -0.2) is 4.39 Å². The second-order valence-corrected chi connectivity index (χ2v) is 10.4. The molecule has 5 rings (SSSR count). The van der Waals surface area contributed by atoms with Gasteiger partial charge < -0.3 is 10.2 Å². The summed E-state index contributed by atoms with van der Waals surface area (Å²) in [5.74, 6) is -0.543. The van der Waals surface area contributed by atoms with Crippen LogP contribution < -0.4 is 5.32 Å². The molecule has 0 amide bonds. The molecule has 0 saturated carbocycles. The van der Waals surface area contributed by atoms with E-state index in [1.165, 1.54) is 11.0 Å². The van der Waals surface area contributed by atoms with Crippen LogP contribution in [0.1, 0.15) is 42.5 Å². The number of H-pyrrole nitrogens is 1. The van der Waals surface area contributed by atoms with Crippen LogP contribution in [-0.2, 0) is 6.42 Å². The van der Waals surface area contributed by atoms with Crippen LogP contribution in [0.2, 0.25) is 0 Å². The first-order valence-electron chi connectivity index (χ1n) is 13.0. The van der Waals surface area contributed by atoms with Gasteiger partial charge in [-0.05, 0) is 55.0 Å². The molecule has 1 fully saturated rings. The molecule has 1 aromatic heterocycles. The predicted molar refractivity (Wildman–Crippen MR) is 137 cm³/mol. The third kappa shape index (κ3) is 5.86. The van der Waals surface area contributed by atoms with E-state index in [2.05, 4.69) is 20.4 Å². The number of aromatic nitrogens is 2. The van der Waals surface area contributed by atoms with Gasteiger partial charge in [-0.1, -0.05) is 24.3 Å². The molecule has 0 bridgehead atoms. The van der Waals surface area contributed by atoms with Crippen molar-refractivity contribution in [2.75, 3.05) is 38.2 Å². The first-order valence-corrected chi connectivity index (χ1v) is 13.0. The topological polar surface area (TPSA) is 47.2 Å². The van der Waals surface area contributed by atoms with Crippen LogP contribution in [0, 0.1) is 5.82 Å². The summed E-state index contributed by atoms with van der Waals surface area (Å²) in [6.45, 7) is 2.57. The molecule has 3 atom stereocenters. The molecule has 10 heteroatoms. The second-order valence-electron chi connectivity index (χ2n) is 10.4. The van der Waals surface area contributed by atoms with Gasteiger partial charge in [0.25, 0.3) is 0 Å². The van der Waals surface area contributed by atoms with Crippen molar-refractivity contribution in [2.45, 2.75) is 50.5 Å². The fourth-order valence-corrected chi connectivity index (χ4v) is 5.82. The number of hydrogen-bond donors (Lipinski definition) is 2. The van der Waals surface area contributed by atoms with E-state index in [1.54, 1.807) is 31.5 Å². The van der Waals surface area contributed by atoms with Gasteiger partial charge >= 0.3 is 6.18 Å². The van der Waals surface area contributed by atoms with Crippen molar-refractivity contribution in [2.24, 2.45) is 0 Å². The monoisotopic (exact) mass is 533 g/mol. The lowest BCUT2D eigenvalue weighted by Crippen LogP contribution is -2.47. The first kappa shape index (κ1) is 26.6. The molecule has 2 N–H and O–H groups in total. The summed E-state index contributed by atoms with van der Waals surface area (Å²) in [4.78, 5) is 3.53. The van der Waals surface area contributed by atoms with E-state index in [1.807, 2.05) is 18.2 Å². The Balaban J connectivity index is 1.44. The summed E-state index contributed by atoms with van der Waals surface area (Å²) >= 11 is 0. The number of fused-ring (bicyclic) bond motifs is 1. The minimum atomic E-state index is -4.42. The molecule has 38 heavy (non-hydrogen) atoms. The third-order valence-electron chi connectivity index (χ3n) is 7.59. The maximum atomic E-state index is 15.7. The molecule has 2 aromatic carbocycles. The highest BCUT2D eigenvalue weighted by molar-refractivity contribution is 5.64. The van der Waals surface area contributed by atoms with E-state index in [4.69, 9.17) is 0 Å². The van der Waals surface area contributed by atoms with E-state index in [0.29, 0.717) is 30.6 Å². The zero-order chi connectivity index (χ0) is 26.9. The Morgan fingerprint density at radius 1 is 1.11 bits per heavy atom. The summed E-state index contributed by atoms with van der Waals surface area (Å²) in [6, 6.07) is 9.15. The highest BCUT2D eigenvalue weighted by Crippen LogP contribution is 2.42. The lowest BCUT2D eigenvalue weighted by atomic mass is 9.83. The number of nitrogens with one attached hydrogen (secondary N) is 2.